The average molecular weight is 314 g/mol. The highest BCUT2D eigenvalue weighted by Crippen LogP contribution is 2.34. The van der Waals surface area contributed by atoms with Gasteiger partial charge >= 0.3 is 0 Å². The van der Waals surface area contributed by atoms with Crippen LogP contribution in [0.1, 0.15) is 29.2 Å². The molecule has 0 amide bonds. The molecule has 2 aromatic carbocycles. The van der Waals surface area contributed by atoms with Crippen LogP contribution in [0.25, 0.3) is 0 Å². The highest BCUT2D eigenvalue weighted by Gasteiger charge is 2.32. The second kappa shape index (κ2) is 6.45. The predicted molar refractivity (Wildman–Crippen MR) is 81.3 cm³/mol. The van der Waals surface area contributed by atoms with Gasteiger partial charge in [-0.1, -0.05) is 18.2 Å². The molecule has 0 spiro atoms. The minimum Gasteiger partial charge on any atom is -0.392 e. The Kier molecular flexibility index (Phi) is 4.37. The fourth-order valence-electron chi connectivity index (χ4n) is 3.09. The van der Waals surface area contributed by atoms with E-state index in [0.29, 0.717) is 30.6 Å². The summed E-state index contributed by atoms with van der Waals surface area (Å²) in [7, 11) is 0. The predicted octanol–water partition coefficient (Wildman–Crippen LogP) is 3.14. The number of hydrogen-bond acceptors (Lipinski definition) is 3. The maximum atomic E-state index is 13.5. The van der Waals surface area contributed by atoms with E-state index in [1.54, 1.807) is 18.2 Å². The third-order valence-electron chi connectivity index (χ3n) is 4.15. The van der Waals surface area contributed by atoms with Gasteiger partial charge in [-0.3, -0.25) is 4.90 Å². The molecule has 3 nitrogen and oxygen atoms in total. The van der Waals surface area contributed by atoms with Crippen molar-refractivity contribution in [3.63, 3.8) is 0 Å². The third-order valence-corrected chi connectivity index (χ3v) is 4.15. The van der Waals surface area contributed by atoms with Gasteiger partial charge in [-0.25, -0.2) is 8.78 Å². The number of β-amino-alcohol motifs (C(OH)–C–C–N with tert-alkyl or cyclic N) is 1. The van der Waals surface area contributed by atoms with Crippen molar-refractivity contribution in [2.24, 2.45) is 0 Å². The lowest BCUT2D eigenvalue weighted by Gasteiger charge is -2.24. The maximum Gasteiger partial charge on any atom is 0.159 e. The summed E-state index contributed by atoms with van der Waals surface area (Å²) in [6, 6.07) is 13.0. The first kappa shape index (κ1) is 15.6. The SMILES string of the molecule is N#Cc1cccc(CN2C[C@H](O)C[C@H]2c2ccc(F)c(F)c2)c1. The molecule has 23 heavy (non-hydrogen) atoms. The van der Waals surface area contributed by atoms with E-state index in [2.05, 4.69) is 6.07 Å². The highest BCUT2D eigenvalue weighted by molar-refractivity contribution is 5.33. The summed E-state index contributed by atoms with van der Waals surface area (Å²) in [5.41, 5.74) is 2.18. The van der Waals surface area contributed by atoms with Crippen molar-refractivity contribution in [1.29, 1.82) is 5.26 Å². The van der Waals surface area contributed by atoms with Crippen LogP contribution in [0.2, 0.25) is 0 Å². The van der Waals surface area contributed by atoms with E-state index in [1.807, 2.05) is 17.0 Å². The first-order valence-electron chi connectivity index (χ1n) is 7.43. The zero-order chi connectivity index (χ0) is 16.4. The van der Waals surface area contributed by atoms with E-state index in [9.17, 15) is 13.9 Å². The fourth-order valence-corrected chi connectivity index (χ4v) is 3.09. The van der Waals surface area contributed by atoms with Crippen LogP contribution in [0.4, 0.5) is 8.78 Å². The van der Waals surface area contributed by atoms with Crippen molar-refractivity contribution in [3.8, 4) is 6.07 Å². The van der Waals surface area contributed by atoms with E-state index in [4.69, 9.17) is 5.26 Å². The van der Waals surface area contributed by atoms with Gasteiger partial charge in [-0.15, -0.1) is 0 Å². The molecule has 1 fully saturated rings. The van der Waals surface area contributed by atoms with Gasteiger partial charge in [0.25, 0.3) is 0 Å². The second-order valence-electron chi connectivity index (χ2n) is 5.82. The molecule has 3 rings (SSSR count). The number of aliphatic hydroxyl groups excluding tert-OH is 1. The molecular formula is C18H16F2N2O. The van der Waals surface area contributed by atoms with E-state index >= 15 is 0 Å². The molecule has 118 valence electrons. The number of likely N-dealkylation sites (tertiary alicyclic amines) is 1. The molecular weight excluding hydrogens is 298 g/mol. The van der Waals surface area contributed by atoms with Gasteiger partial charge in [-0.05, 0) is 41.8 Å². The molecule has 2 aromatic rings. The number of aliphatic hydroxyl groups is 1. The number of rotatable bonds is 3. The van der Waals surface area contributed by atoms with Crippen molar-refractivity contribution >= 4 is 0 Å². The largest absolute Gasteiger partial charge is 0.392 e. The standard InChI is InChI=1S/C18H16F2N2O/c19-16-5-4-14(7-17(16)20)18-8-15(23)11-22(18)10-13-3-1-2-12(6-13)9-21/h1-7,15,18,23H,8,10-11H2/t15-,18+/m1/s1. The lowest BCUT2D eigenvalue weighted by molar-refractivity contribution is 0.172. The van der Waals surface area contributed by atoms with Gasteiger partial charge in [0.15, 0.2) is 11.6 Å². The summed E-state index contributed by atoms with van der Waals surface area (Å²) >= 11 is 0. The quantitative estimate of drug-likeness (QED) is 0.947. The van der Waals surface area contributed by atoms with Gasteiger partial charge < -0.3 is 5.11 Å². The van der Waals surface area contributed by atoms with E-state index in [1.165, 1.54) is 6.07 Å². The van der Waals surface area contributed by atoms with Crippen LogP contribution in [0.5, 0.6) is 0 Å². The Balaban J connectivity index is 1.84. The van der Waals surface area contributed by atoms with E-state index in [-0.39, 0.29) is 6.04 Å². The molecule has 1 aliphatic heterocycles. The van der Waals surface area contributed by atoms with Gasteiger partial charge in [0.05, 0.1) is 17.7 Å². The average Bonchev–Trinajstić information content (AvgIpc) is 2.90. The zero-order valence-electron chi connectivity index (χ0n) is 12.4. The molecule has 1 aliphatic rings. The Morgan fingerprint density at radius 3 is 2.74 bits per heavy atom. The van der Waals surface area contributed by atoms with E-state index < -0.39 is 17.7 Å². The van der Waals surface area contributed by atoms with Crippen LogP contribution in [0.3, 0.4) is 0 Å². The van der Waals surface area contributed by atoms with Crippen molar-refractivity contribution < 1.29 is 13.9 Å². The Hall–Kier alpha value is -2.29. The minimum absolute atomic E-state index is 0.175. The molecule has 0 saturated carbocycles. The third kappa shape index (κ3) is 3.39. The molecule has 2 atom stereocenters. The number of halogens is 2. The van der Waals surface area contributed by atoms with Gasteiger partial charge in [0.2, 0.25) is 0 Å². The normalized spacial score (nSPS) is 21.3. The van der Waals surface area contributed by atoms with Gasteiger partial charge in [0.1, 0.15) is 0 Å². The summed E-state index contributed by atoms with van der Waals surface area (Å²) in [4.78, 5) is 2.02. The smallest absolute Gasteiger partial charge is 0.159 e. The molecule has 1 saturated heterocycles. The number of nitriles is 1. The first-order chi connectivity index (χ1) is 11.1. The topological polar surface area (TPSA) is 47.3 Å². The van der Waals surface area contributed by atoms with Crippen LogP contribution < -0.4 is 0 Å². The fraction of sp³-hybridized carbons (Fsp3) is 0.278. The Morgan fingerprint density at radius 2 is 2.00 bits per heavy atom. The van der Waals surface area contributed by atoms with Crippen molar-refractivity contribution in [2.45, 2.75) is 25.1 Å². The van der Waals surface area contributed by atoms with E-state index in [0.717, 1.165) is 11.6 Å². The molecule has 0 unspecified atom stereocenters. The molecule has 0 aliphatic carbocycles. The number of nitrogens with zero attached hydrogens (tertiary/aromatic N) is 2. The van der Waals surface area contributed by atoms with Crippen LogP contribution in [-0.2, 0) is 6.54 Å². The Morgan fingerprint density at radius 1 is 1.17 bits per heavy atom. The molecule has 5 heteroatoms. The monoisotopic (exact) mass is 314 g/mol. The summed E-state index contributed by atoms with van der Waals surface area (Å²) in [6.45, 7) is 0.997. The van der Waals surface area contributed by atoms with Crippen molar-refractivity contribution in [1.82, 2.24) is 4.90 Å². The lowest BCUT2D eigenvalue weighted by Crippen LogP contribution is -2.24. The molecule has 1 N–H and O–H groups in total. The molecule has 0 radical (unpaired) electrons. The van der Waals surface area contributed by atoms with Gasteiger partial charge in [0, 0.05) is 19.1 Å². The molecule has 0 aromatic heterocycles. The lowest BCUT2D eigenvalue weighted by atomic mass is 10.0. The first-order valence-corrected chi connectivity index (χ1v) is 7.43. The van der Waals surface area contributed by atoms with Crippen molar-refractivity contribution in [3.05, 3.63) is 70.8 Å². The Bertz CT molecular complexity index is 757. The van der Waals surface area contributed by atoms with Crippen LogP contribution in [0.15, 0.2) is 42.5 Å². The summed E-state index contributed by atoms with van der Waals surface area (Å²) in [5.74, 6) is -1.75. The maximum absolute atomic E-state index is 13.5. The van der Waals surface area contributed by atoms with Crippen LogP contribution in [-0.4, -0.2) is 22.7 Å². The summed E-state index contributed by atoms with van der Waals surface area (Å²) < 4.78 is 26.6. The molecule has 0 bridgehead atoms. The zero-order valence-corrected chi connectivity index (χ0v) is 12.4. The Labute approximate surface area is 133 Å². The van der Waals surface area contributed by atoms with Crippen molar-refractivity contribution in [2.75, 3.05) is 6.54 Å². The minimum atomic E-state index is -0.879. The number of benzene rings is 2. The molecule has 1 heterocycles. The van der Waals surface area contributed by atoms with Crippen LogP contribution in [0, 0.1) is 23.0 Å². The number of hydrogen-bond donors (Lipinski definition) is 1. The highest BCUT2D eigenvalue weighted by atomic mass is 19.2. The second-order valence-corrected chi connectivity index (χ2v) is 5.82. The summed E-state index contributed by atoms with van der Waals surface area (Å²) in [6.07, 6.45) is -0.0320. The van der Waals surface area contributed by atoms with Gasteiger partial charge in [-0.2, -0.15) is 5.26 Å². The summed E-state index contributed by atoms with van der Waals surface area (Å²) in [5, 5.41) is 18.9. The van der Waals surface area contributed by atoms with Crippen LogP contribution >= 0.6 is 0 Å².